The van der Waals surface area contributed by atoms with Crippen LogP contribution in [-0.2, 0) is 14.8 Å². The van der Waals surface area contributed by atoms with Gasteiger partial charge in [-0.2, -0.15) is 0 Å². The van der Waals surface area contributed by atoms with Gasteiger partial charge in [0.25, 0.3) is 10.0 Å². The second kappa shape index (κ2) is 11.2. The Labute approximate surface area is 211 Å². The number of ether oxygens (including phenoxy) is 4. The summed E-state index contributed by atoms with van der Waals surface area (Å²) in [5.41, 5.74) is 2.63. The van der Waals surface area contributed by atoms with Crippen LogP contribution in [0.2, 0.25) is 0 Å². The molecule has 0 saturated heterocycles. The van der Waals surface area contributed by atoms with Crippen LogP contribution in [0.1, 0.15) is 11.1 Å². The van der Waals surface area contributed by atoms with Crippen molar-refractivity contribution in [2.24, 2.45) is 0 Å². The highest BCUT2D eigenvalue weighted by Gasteiger charge is 2.31. The fourth-order valence-electron chi connectivity index (χ4n) is 3.67. The normalized spacial score (nSPS) is 10.9. The third kappa shape index (κ3) is 5.65. The van der Waals surface area contributed by atoms with Crippen LogP contribution in [0.5, 0.6) is 23.0 Å². The van der Waals surface area contributed by atoms with E-state index in [4.69, 9.17) is 18.9 Å². The minimum absolute atomic E-state index is 0.0932. The summed E-state index contributed by atoms with van der Waals surface area (Å²) in [5.74, 6) is 0.716. The first-order chi connectivity index (χ1) is 17.1. The van der Waals surface area contributed by atoms with E-state index in [2.05, 4.69) is 5.32 Å². The number of carbonyl (C=O) groups excluding carboxylic acids is 1. The summed E-state index contributed by atoms with van der Waals surface area (Å²) in [6.45, 7) is 3.30. The number of sulfonamides is 1. The first kappa shape index (κ1) is 26.7. The highest BCUT2D eigenvalue weighted by molar-refractivity contribution is 7.92. The molecule has 10 heteroatoms. The van der Waals surface area contributed by atoms with Crippen LogP contribution >= 0.6 is 0 Å². The molecule has 0 aliphatic heterocycles. The van der Waals surface area contributed by atoms with Crippen LogP contribution in [0, 0.1) is 13.8 Å². The predicted molar refractivity (Wildman–Crippen MR) is 138 cm³/mol. The maximum Gasteiger partial charge on any atom is 0.265 e. The van der Waals surface area contributed by atoms with Crippen molar-refractivity contribution in [3.05, 3.63) is 65.7 Å². The number of nitrogens with zero attached hydrogens (tertiary/aromatic N) is 1. The number of carbonyl (C=O) groups is 1. The van der Waals surface area contributed by atoms with E-state index in [0.717, 1.165) is 15.4 Å². The van der Waals surface area contributed by atoms with E-state index in [-0.39, 0.29) is 22.1 Å². The van der Waals surface area contributed by atoms with Gasteiger partial charge in [0.15, 0.2) is 11.5 Å². The highest BCUT2D eigenvalue weighted by Crippen LogP contribution is 2.37. The molecular weight excluding hydrogens is 484 g/mol. The second-order valence-electron chi connectivity index (χ2n) is 7.93. The smallest absolute Gasteiger partial charge is 0.265 e. The number of hydrogen-bond donors (Lipinski definition) is 1. The summed E-state index contributed by atoms with van der Waals surface area (Å²) >= 11 is 0. The molecule has 0 saturated carbocycles. The number of nitrogens with one attached hydrogen (secondary N) is 1. The predicted octanol–water partition coefficient (Wildman–Crippen LogP) is 4.17. The quantitative estimate of drug-likeness (QED) is 0.433. The molecular formula is C26H30N2O7S. The van der Waals surface area contributed by atoms with Crippen LogP contribution < -0.4 is 28.6 Å². The fraction of sp³-hybridized carbons (Fsp3) is 0.269. The number of hydrogen-bond acceptors (Lipinski definition) is 7. The van der Waals surface area contributed by atoms with E-state index in [1.54, 1.807) is 18.2 Å². The van der Waals surface area contributed by atoms with Crippen molar-refractivity contribution in [3.63, 3.8) is 0 Å². The van der Waals surface area contributed by atoms with Crippen molar-refractivity contribution >= 4 is 27.3 Å². The molecule has 0 atom stereocenters. The summed E-state index contributed by atoms with van der Waals surface area (Å²) in [5, 5.41) is 2.81. The summed E-state index contributed by atoms with van der Waals surface area (Å²) in [7, 11) is 1.48. The summed E-state index contributed by atoms with van der Waals surface area (Å²) in [6.07, 6.45) is 0. The van der Waals surface area contributed by atoms with E-state index in [0.29, 0.717) is 17.2 Å². The number of amides is 1. The van der Waals surface area contributed by atoms with Gasteiger partial charge >= 0.3 is 0 Å². The van der Waals surface area contributed by atoms with Gasteiger partial charge in [0.2, 0.25) is 5.91 Å². The SMILES string of the molecule is COc1ccc(OC)c(N(CC(=O)Nc2ccc(C)cc2C)S(=O)(=O)c2ccc(OC)c(OC)c2)c1. The molecule has 0 aliphatic rings. The average Bonchev–Trinajstić information content (AvgIpc) is 2.87. The minimum Gasteiger partial charge on any atom is -0.497 e. The molecule has 0 fully saturated rings. The summed E-state index contributed by atoms with van der Waals surface area (Å²) < 4.78 is 50.1. The fourth-order valence-corrected chi connectivity index (χ4v) is 5.11. The van der Waals surface area contributed by atoms with Crippen molar-refractivity contribution in [1.29, 1.82) is 0 Å². The molecule has 0 aliphatic carbocycles. The zero-order chi connectivity index (χ0) is 26.5. The first-order valence-electron chi connectivity index (χ1n) is 11.0. The second-order valence-corrected chi connectivity index (χ2v) is 9.80. The Morgan fingerprint density at radius 2 is 1.47 bits per heavy atom. The van der Waals surface area contributed by atoms with Gasteiger partial charge in [0.05, 0.1) is 39.0 Å². The minimum atomic E-state index is -4.27. The lowest BCUT2D eigenvalue weighted by Gasteiger charge is -2.26. The van der Waals surface area contributed by atoms with Crippen LogP contribution in [0.3, 0.4) is 0 Å². The average molecular weight is 515 g/mol. The standard InChI is InChI=1S/C26H30N2O7S/c1-17-7-10-21(18(2)13-17)27-26(29)16-28(22-14-19(32-3)8-11-23(22)33-4)36(30,31)20-9-12-24(34-5)25(15-20)35-6/h7-15H,16H2,1-6H3,(H,27,29). The Morgan fingerprint density at radius 1 is 0.806 bits per heavy atom. The van der Waals surface area contributed by atoms with Crippen LogP contribution in [0.25, 0.3) is 0 Å². The van der Waals surface area contributed by atoms with Crippen molar-refractivity contribution in [3.8, 4) is 23.0 Å². The molecule has 0 bridgehead atoms. The lowest BCUT2D eigenvalue weighted by Crippen LogP contribution is -2.38. The Hall–Kier alpha value is -3.92. The lowest BCUT2D eigenvalue weighted by molar-refractivity contribution is -0.114. The molecule has 9 nitrogen and oxygen atoms in total. The number of benzene rings is 3. The zero-order valence-electron chi connectivity index (χ0n) is 21.1. The maximum atomic E-state index is 13.9. The molecule has 1 N–H and O–H groups in total. The monoisotopic (exact) mass is 514 g/mol. The Bertz CT molecular complexity index is 1360. The zero-order valence-corrected chi connectivity index (χ0v) is 21.9. The molecule has 0 radical (unpaired) electrons. The van der Waals surface area contributed by atoms with Gasteiger partial charge in [-0.25, -0.2) is 8.42 Å². The van der Waals surface area contributed by atoms with Crippen LogP contribution in [0.15, 0.2) is 59.5 Å². The third-order valence-corrected chi connectivity index (χ3v) is 7.30. The van der Waals surface area contributed by atoms with Gasteiger partial charge < -0.3 is 24.3 Å². The Kier molecular flexibility index (Phi) is 8.31. The van der Waals surface area contributed by atoms with Gasteiger partial charge in [-0.1, -0.05) is 17.7 Å². The van der Waals surface area contributed by atoms with E-state index in [1.807, 2.05) is 26.0 Å². The summed E-state index contributed by atoms with van der Waals surface area (Å²) in [6, 6.07) is 14.5. The van der Waals surface area contributed by atoms with Crippen molar-refractivity contribution in [2.45, 2.75) is 18.7 Å². The van der Waals surface area contributed by atoms with E-state index in [1.165, 1.54) is 52.7 Å². The molecule has 0 spiro atoms. The number of rotatable bonds is 10. The molecule has 192 valence electrons. The first-order valence-corrected chi connectivity index (χ1v) is 12.4. The maximum absolute atomic E-state index is 13.9. The van der Waals surface area contributed by atoms with Gasteiger partial charge in [-0.3, -0.25) is 9.10 Å². The largest absolute Gasteiger partial charge is 0.497 e. The van der Waals surface area contributed by atoms with E-state index < -0.39 is 22.5 Å². The Balaban J connectivity index is 2.10. The van der Waals surface area contributed by atoms with Crippen molar-refractivity contribution in [1.82, 2.24) is 0 Å². The van der Waals surface area contributed by atoms with Crippen LogP contribution in [0.4, 0.5) is 11.4 Å². The number of aryl methyl sites for hydroxylation is 2. The molecule has 0 aromatic heterocycles. The lowest BCUT2D eigenvalue weighted by atomic mass is 10.1. The van der Waals surface area contributed by atoms with Gasteiger partial charge in [-0.05, 0) is 49.7 Å². The van der Waals surface area contributed by atoms with Crippen molar-refractivity contribution < 1.29 is 32.2 Å². The Morgan fingerprint density at radius 3 is 2.08 bits per heavy atom. The number of methoxy groups -OCH3 is 4. The molecule has 3 rings (SSSR count). The molecule has 3 aromatic rings. The van der Waals surface area contributed by atoms with Gasteiger partial charge in [0.1, 0.15) is 18.0 Å². The molecule has 3 aromatic carbocycles. The molecule has 1 amide bonds. The molecule has 0 unspecified atom stereocenters. The van der Waals surface area contributed by atoms with Crippen LogP contribution in [-0.4, -0.2) is 49.3 Å². The molecule has 36 heavy (non-hydrogen) atoms. The van der Waals surface area contributed by atoms with Gasteiger partial charge in [-0.15, -0.1) is 0 Å². The number of anilines is 2. The topological polar surface area (TPSA) is 103 Å². The summed E-state index contributed by atoms with van der Waals surface area (Å²) in [4.78, 5) is 13.1. The van der Waals surface area contributed by atoms with Crippen molar-refractivity contribution in [2.75, 3.05) is 44.6 Å². The van der Waals surface area contributed by atoms with Gasteiger partial charge in [0, 0.05) is 17.8 Å². The van der Waals surface area contributed by atoms with E-state index >= 15 is 0 Å². The third-order valence-electron chi connectivity index (χ3n) is 5.54. The molecule has 0 heterocycles. The highest BCUT2D eigenvalue weighted by atomic mass is 32.2. The van der Waals surface area contributed by atoms with E-state index in [9.17, 15) is 13.2 Å².